The van der Waals surface area contributed by atoms with E-state index in [-0.39, 0.29) is 6.04 Å². The molecule has 0 saturated heterocycles. The molecule has 82 valence electrons. The molecule has 0 unspecified atom stereocenters. The third kappa shape index (κ3) is 2.75. The van der Waals surface area contributed by atoms with Crippen LogP contribution in [0.15, 0.2) is 23.1 Å². The van der Waals surface area contributed by atoms with Crippen molar-refractivity contribution < 1.29 is 4.79 Å². The highest BCUT2D eigenvalue weighted by molar-refractivity contribution is 7.98. The number of amides is 1. The Hall–Kier alpha value is -0.960. The van der Waals surface area contributed by atoms with Crippen molar-refractivity contribution in [1.29, 1.82) is 0 Å². The Morgan fingerprint density at radius 3 is 2.53 bits per heavy atom. The molecular formula is C12H17NOS. The maximum absolute atomic E-state index is 11.0. The minimum Gasteiger partial charge on any atom is -0.311 e. The molecule has 15 heavy (non-hydrogen) atoms. The Balaban J connectivity index is 3.16. The average Bonchev–Trinajstić information content (AvgIpc) is 2.20. The number of aryl methyl sites for hydroxylation is 1. The van der Waals surface area contributed by atoms with Crippen molar-refractivity contribution in [3.8, 4) is 0 Å². The number of benzene rings is 1. The molecule has 0 saturated carbocycles. The molecule has 1 aromatic rings. The molecule has 0 bridgehead atoms. The molecule has 0 aromatic heterocycles. The molecule has 0 aliphatic rings. The maximum Gasteiger partial charge on any atom is 0.214 e. The Bertz CT molecular complexity index is 349. The van der Waals surface area contributed by atoms with Gasteiger partial charge >= 0.3 is 0 Å². The van der Waals surface area contributed by atoms with Gasteiger partial charge in [0, 0.05) is 10.9 Å². The van der Waals surface area contributed by atoms with Crippen LogP contribution in [0.5, 0.6) is 0 Å². The number of hydrogen-bond donors (Lipinski definition) is 0. The van der Waals surface area contributed by atoms with E-state index in [0.29, 0.717) is 0 Å². The van der Waals surface area contributed by atoms with Gasteiger partial charge in [-0.3, -0.25) is 4.79 Å². The molecule has 0 heterocycles. The van der Waals surface area contributed by atoms with Crippen molar-refractivity contribution in [3.05, 3.63) is 23.8 Å². The first-order chi connectivity index (χ1) is 7.10. The second kappa shape index (κ2) is 5.21. The molecule has 0 N–H and O–H groups in total. The van der Waals surface area contributed by atoms with Gasteiger partial charge in [-0.15, -0.1) is 11.8 Å². The van der Waals surface area contributed by atoms with Crippen molar-refractivity contribution in [3.63, 3.8) is 0 Å². The first kappa shape index (κ1) is 12.1. The number of anilines is 1. The number of carbonyl (C=O) groups excluding carboxylic acids is 1. The van der Waals surface area contributed by atoms with Gasteiger partial charge in [0.2, 0.25) is 6.41 Å². The molecule has 0 aliphatic carbocycles. The third-order valence-electron chi connectivity index (χ3n) is 2.28. The summed E-state index contributed by atoms with van der Waals surface area (Å²) in [5, 5.41) is 0. The first-order valence-electron chi connectivity index (χ1n) is 4.98. The number of hydrogen-bond acceptors (Lipinski definition) is 2. The van der Waals surface area contributed by atoms with Crippen molar-refractivity contribution in [2.75, 3.05) is 11.2 Å². The number of nitrogens with zero attached hydrogens (tertiary/aromatic N) is 1. The predicted molar refractivity (Wildman–Crippen MR) is 66.6 cm³/mol. The van der Waals surface area contributed by atoms with E-state index in [1.165, 1.54) is 5.56 Å². The second-order valence-corrected chi connectivity index (χ2v) is 4.63. The lowest BCUT2D eigenvalue weighted by Gasteiger charge is -2.24. The minimum absolute atomic E-state index is 0.191. The number of rotatable bonds is 4. The highest BCUT2D eigenvalue weighted by atomic mass is 32.2. The molecule has 0 aliphatic heterocycles. The summed E-state index contributed by atoms with van der Waals surface area (Å²) in [6.07, 6.45) is 2.93. The highest BCUT2D eigenvalue weighted by Gasteiger charge is 2.12. The molecule has 0 spiro atoms. The molecular weight excluding hydrogens is 206 g/mol. The van der Waals surface area contributed by atoms with Crippen molar-refractivity contribution in [2.45, 2.75) is 31.7 Å². The standard InChI is InChI=1S/C12H17NOS/c1-9(2)13(8-14)11-6-5-10(3)7-12(11)15-4/h5-9H,1-4H3. The predicted octanol–water partition coefficient (Wildman–Crippen LogP) is 3.09. The van der Waals surface area contributed by atoms with Crippen LogP contribution in [0.25, 0.3) is 0 Å². The second-order valence-electron chi connectivity index (χ2n) is 3.78. The van der Waals surface area contributed by atoms with E-state index in [4.69, 9.17) is 0 Å². The number of carbonyl (C=O) groups is 1. The molecule has 0 radical (unpaired) electrons. The van der Waals surface area contributed by atoms with Crippen molar-refractivity contribution in [1.82, 2.24) is 0 Å². The van der Waals surface area contributed by atoms with E-state index in [1.54, 1.807) is 16.7 Å². The highest BCUT2D eigenvalue weighted by Crippen LogP contribution is 2.30. The van der Waals surface area contributed by atoms with Gasteiger partial charge in [0.15, 0.2) is 0 Å². The first-order valence-corrected chi connectivity index (χ1v) is 6.21. The van der Waals surface area contributed by atoms with Gasteiger partial charge in [0.25, 0.3) is 0 Å². The van der Waals surface area contributed by atoms with Gasteiger partial charge in [-0.1, -0.05) is 6.07 Å². The average molecular weight is 223 g/mol. The lowest BCUT2D eigenvalue weighted by molar-refractivity contribution is -0.107. The van der Waals surface area contributed by atoms with Crippen LogP contribution in [0, 0.1) is 6.92 Å². The van der Waals surface area contributed by atoms with Crippen LogP contribution < -0.4 is 4.90 Å². The van der Waals surface area contributed by atoms with Crippen LogP contribution in [0.3, 0.4) is 0 Å². The Morgan fingerprint density at radius 2 is 2.07 bits per heavy atom. The molecule has 2 nitrogen and oxygen atoms in total. The summed E-state index contributed by atoms with van der Waals surface area (Å²) in [6.45, 7) is 6.08. The van der Waals surface area contributed by atoms with Gasteiger partial charge in [0.05, 0.1) is 5.69 Å². The minimum atomic E-state index is 0.191. The Kier molecular flexibility index (Phi) is 4.21. The SMILES string of the molecule is CSc1cc(C)ccc1N(C=O)C(C)C. The molecule has 1 aromatic carbocycles. The summed E-state index contributed by atoms with van der Waals surface area (Å²) in [6, 6.07) is 6.35. The third-order valence-corrected chi connectivity index (χ3v) is 3.05. The van der Waals surface area contributed by atoms with Crippen LogP contribution >= 0.6 is 11.8 Å². The quantitative estimate of drug-likeness (QED) is 0.577. The van der Waals surface area contributed by atoms with E-state index in [0.717, 1.165) is 17.0 Å². The maximum atomic E-state index is 11.0. The lowest BCUT2D eigenvalue weighted by Crippen LogP contribution is -2.29. The summed E-state index contributed by atoms with van der Waals surface area (Å²) >= 11 is 1.67. The van der Waals surface area contributed by atoms with Crippen LogP contribution in [0.4, 0.5) is 5.69 Å². The fraction of sp³-hybridized carbons (Fsp3) is 0.417. The van der Waals surface area contributed by atoms with Gasteiger partial charge in [-0.05, 0) is 44.7 Å². The Morgan fingerprint density at radius 1 is 1.40 bits per heavy atom. The van der Waals surface area contributed by atoms with Crippen LogP contribution in [0.2, 0.25) is 0 Å². The van der Waals surface area contributed by atoms with Gasteiger partial charge < -0.3 is 4.90 Å². The number of thioether (sulfide) groups is 1. The summed E-state index contributed by atoms with van der Waals surface area (Å²) < 4.78 is 0. The van der Waals surface area contributed by atoms with E-state index in [9.17, 15) is 4.79 Å². The van der Waals surface area contributed by atoms with Crippen molar-refractivity contribution >= 4 is 23.9 Å². The molecule has 3 heteroatoms. The zero-order chi connectivity index (χ0) is 11.4. The zero-order valence-corrected chi connectivity index (χ0v) is 10.5. The summed E-state index contributed by atoms with van der Waals surface area (Å²) in [4.78, 5) is 13.9. The lowest BCUT2D eigenvalue weighted by atomic mass is 10.2. The van der Waals surface area contributed by atoms with E-state index < -0.39 is 0 Å². The van der Waals surface area contributed by atoms with E-state index >= 15 is 0 Å². The van der Waals surface area contributed by atoms with Crippen molar-refractivity contribution in [2.24, 2.45) is 0 Å². The van der Waals surface area contributed by atoms with E-state index in [2.05, 4.69) is 13.0 Å². The summed E-state index contributed by atoms with van der Waals surface area (Å²) in [5.74, 6) is 0. The van der Waals surface area contributed by atoms with Gasteiger partial charge in [-0.2, -0.15) is 0 Å². The molecule has 0 fully saturated rings. The largest absolute Gasteiger partial charge is 0.311 e. The topological polar surface area (TPSA) is 20.3 Å². The summed E-state index contributed by atoms with van der Waals surface area (Å²) in [7, 11) is 0. The summed E-state index contributed by atoms with van der Waals surface area (Å²) in [5.41, 5.74) is 2.22. The monoisotopic (exact) mass is 223 g/mol. The fourth-order valence-corrected chi connectivity index (χ4v) is 2.14. The van der Waals surface area contributed by atoms with Crippen LogP contribution in [-0.4, -0.2) is 18.7 Å². The smallest absolute Gasteiger partial charge is 0.214 e. The Labute approximate surface area is 95.7 Å². The molecule has 1 rings (SSSR count). The van der Waals surface area contributed by atoms with Crippen LogP contribution in [0.1, 0.15) is 19.4 Å². The zero-order valence-electron chi connectivity index (χ0n) is 9.65. The normalized spacial score (nSPS) is 10.5. The van der Waals surface area contributed by atoms with E-state index in [1.807, 2.05) is 32.2 Å². The molecule has 1 amide bonds. The fourth-order valence-electron chi connectivity index (χ4n) is 1.45. The van der Waals surface area contributed by atoms with Crippen LogP contribution in [-0.2, 0) is 4.79 Å². The van der Waals surface area contributed by atoms with Gasteiger partial charge in [-0.25, -0.2) is 0 Å². The molecule has 0 atom stereocenters. The van der Waals surface area contributed by atoms with Gasteiger partial charge in [0.1, 0.15) is 0 Å².